The number of aliphatic hydroxyl groups is 1. The maximum Gasteiger partial charge on any atom is 0.323 e. The first-order valence-corrected chi connectivity index (χ1v) is 18.1. The third-order valence-corrected chi connectivity index (χ3v) is 12.6. The van der Waals surface area contributed by atoms with Crippen LogP contribution in [0.25, 0.3) is 0 Å². The molecular weight excluding hydrogens is 776 g/mol. The number of esters is 3. The number of fused-ring (bicyclic) bond motifs is 5. The highest BCUT2D eigenvalue weighted by Gasteiger charge is 2.76. The van der Waals surface area contributed by atoms with Crippen LogP contribution in [0.5, 0.6) is 0 Å². The van der Waals surface area contributed by atoms with E-state index in [-0.39, 0.29) is 31.7 Å². The third-order valence-electron chi connectivity index (χ3n) is 11.7. The average Bonchev–Trinajstić information content (AvgIpc) is 3.32. The molecular formula is C33H49ClN4O18. The number of alkyl halides is 1. The van der Waals surface area contributed by atoms with Crippen LogP contribution in [0.3, 0.4) is 0 Å². The molecule has 0 aliphatic heterocycles. The molecule has 23 heteroatoms. The Morgan fingerprint density at radius 3 is 2.30 bits per heavy atom. The zero-order chi connectivity index (χ0) is 41.8. The van der Waals surface area contributed by atoms with Crippen molar-refractivity contribution in [3.63, 3.8) is 0 Å². The first-order valence-electron chi connectivity index (χ1n) is 17.7. The molecule has 4 aliphatic rings. The van der Waals surface area contributed by atoms with Gasteiger partial charge >= 0.3 is 17.9 Å². The van der Waals surface area contributed by atoms with Gasteiger partial charge in [-0.15, -0.1) is 11.6 Å². The minimum atomic E-state index is -1.98. The molecule has 0 aromatic carbocycles. The van der Waals surface area contributed by atoms with Gasteiger partial charge in [0, 0.05) is 23.2 Å². The molecule has 316 valence electrons. The fourth-order valence-electron chi connectivity index (χ4n) is 9.24. The lowest BCUT2D eigenvalue weighted by molar-refractivity contribution is -0.527. The van der Waals surface area contributed by atoms with E-state index in [1.165, 1.54) is 12.2 Å². The molecule has 0 amide bonds. The van der Waals surface area contributed by atoms with E-state index >= 15 is 0 Å². The van der Waals surface area contributed by atoms with Crippen molar-refractivity contribution in [1.82, 2.24) is 16.2 Å². The molecule has 0 aromatic rings. The van der Waals surface area contributed by atoms with Gasteiger partial charge in [-0.1, -0.05) is 32.4 Å². The number of nitrogens with two attached hydrogens (primary N) is 1. The van der Waals surface area contributed by atoms with Crippen LogP contribution in [0, 0.1) is 28.6 Å². The monoisotopic (exact) mass is 824 g/mol. The highest BCUT2D eigenvalue weighted by Crippen LogP contribution is 2.72. The van der Waals surface area contributed by atoms with Crippen molar-refractivity contribution < 1.29 is 89.0 Å². The average molecular weight is 825 g/mol. The topological polar surface area (TPSA) is 318 Å². The standard InChI is InChI=1S/C33H49ClN4O18/c1-18-11-23-22-7-6-19-12-20(39)8-9-30(19,2)32(22,34)25(40)14-31(23,3)33(18,55-27(42)5-4-10-53-36(45)46)26(41)17-51-28(43)13-24(35)29(44)52-15-21(56-38(49)50)16-54-37(47)48/h8-9,12,18,21-25,40,45-50H,4-7,10-11,13-17,35H2,1-3H3/t18-,21?,22?,23?,24?,25-,30-,31-,32-,33-/m0/s1. The Hall–Kier alpha value is -3.04. The van der Waals surface area contributed by atoms with Crippen molar-refractivity contribution in [2.45, 2.75) is 94.4 Å². The summed E-state index contributed by atoms with van der Waals surface area (Å²) in [7, 11) is 0. The molecule has 9 N–H and O–H groups in total. The number of ketones is 2. The summed E-state index contributed by atoms with van der Waals surface area (Å²) in [6.07, 6.45) is 1.83. The van der Waals surface area contributed by atoms with Gasteiger partial charge < -0.3 is 25.1 Å². The summed E-state index contributed by atoms with van der Waals surface area (Å²) in [6.45, 7) is 2.51. The summed E-state index contributed by atoms with van der Waals surface area (Å²) in [5.41, 5.74) is 2.42. The molecule has 4 rings (SSSR count). The molecule has 4 unspecified atom stereocenters. The Bertz CT molecular complexity index is 1550. The number of ether oxygens (including phenoxy) is 3. The number of halogens is 1. The maximum absolute atomic E-state index is 14.5. The molecule has 10 atom stereocenters. The lowest BCUT2D eigenvalue weighted by Gasteiger charge is -2.64. The van der Waals surface area contributed by atoms with Gasteiger partial charge in [-0.05, 0) is 56.1 Å². The van der Waals surface area contributed by atoms with Crippen LogP contribution >= 0.6 is 11.6 Å². The predicted molar refractivity (Wildman–Crippen MR) is 178 cm³/mol. The van der Waals surface area contributed by atoms with Gasteiger partial charge in [0.25, 0.3) is 0 Å². The van der Waals surface area contributed by atoms with Crippen LogP contribution in [0.2, 0.25) is 0 Å². The Labute approximate surface area is 325 Å². The van der Waals surface area contributed by atoms with Gasteiger partial charge in [0.05, 0.1) is 40.2 Å². The second-order valence-electron chi connectivity index (χ2n) is 14.9. The highest BCUT2D eigenvalue weighted by molar-refractivity contribution is 6.26. The van der Waals surface area contributed by atoms with Crippen molar-refractivity contribution in [3.05, 3.63) is 23.8 Å². The number of aliphatic hydroxyl groups excluding tert-OH is 1. The van der Waals surface area contributed by atoms with Crippen LogP contribution in [-0.2, 0) is 52.7 Å². The van der Waals surface area contributed by atoms with E-state index < -0.39 is 123 Å². The van der Waals surface area contributed by atoms with Gasteiger partial charge in [0.2, 0.25) is 5.78 Å². The zero-order valence-electron chi connectivity index (χ0n) is 30.9. The van der Waals surface area contributed by atoms with Gasteiger partial charge in [-0.2, -0.15) is 0 Å². The van der Waals surface area contributed by atoms with Crippen LogP contribution in [0.15, 0.2) is 23.8 Å². The van der Waals surface area contributed by atoms with Crippen molar-refractivity contribution in [2.75, 3.05) is 26.4 Å². The van der Waals surface area contributed by atoms with E-state index in [0.717, 1.165) is 5.57 Å². The number of nitrogens with zero attached hydrogens (tertiary/aromatic N) is 3. The van der Waals surface area contributed by atoms with Crippen LogP contribution in [-0.4, -0.2) is 137 Å². The summed E-state index contributed by atoms with van der Waals surface area (Å²) in [6, 6.07) is -1.66. The van der Waals surface area contributed by atoms with Crippen LogP contribution < -0.4 is 5.73 Å². The molecule has 3 fully saturated rings. The fourth-order valence-corrected chi connectivity index (χ4v) is 9.76. The smallest absolute Gasteiger partial charge is 0.323 e. The Morgan fingerprint density at radius 2 is 1.66 bits per heavy atom. The summed E-state index contributed by atoms with van der Waals surface area (Å²) in [4.78, 5) is 77.6. The predicted octanol–water partition coefficient (Wildman–Crippen LogP) is 0.712. The van der Waals surface area contributed by atoms with Crippen LogP contribution in [0.1, 0.15) is 65.7 Å². The van der Waals surface area contributed by atoms with E-state index in [2.05, 4.69) is 14.5 Å². The molecule has 22 nitrogen and oxygen atoms in total. The fraction of sp³-hybridized carbons (Fsp3) is 0.727. The second kappa shape index (κ2) is 18.3. The van der Waals surface area contributed by atoms with Crippen molar-refractivity contribution in [2.24, 2.45) is 34.3 Å². The number of rotatable bonds is 19. The van der Waals surface area contributed by atoms with Gasteiger partial charge in [0.1, 0.15) is 25.4 Å². The lowest BCUT2D eigenvalue weighted by Crippen LogP contribution is -2.69. The van der Waals surface area contributed by atoms with Gasteiger partial charge in [-0.25, -0.2) is 9.68 Å². The molecule has 0 bridgehead atoms. The normalized spacial score (nSPS) is 33.3. The number of hydrogen-bond acceptors (Lipinski definition) is 22. The third kappa shape index (κ3) is 9.14. The van der Waals surface area contributed by atoms with E-state index in [1.807, 2.05) is 6.92 Å². The SMILES string of the molecule is C[C@H]1CC2C3CCC4=CC(=O)C=C[C@]4(C)[C@@]3(Cl)[C@@H](O)C[C@]2(C)[C@@]1(OC(=O)CCCON(O)O)C(=O)COC(=O)CC(N)C(=O)OCC(CON(O)O)ON(O)O. The molecule has 4 aliphatic carbocycles. The minimum absolute atomic E-state index is 0.0494. The molecule has 0 saturated heterocycles. The number of hydrogen-bond donors (Lipinski definition) is 8. The Balaban J connectivity index is 1.53. The highest BCUT2D eigenvalue weighted by atomic mass is 35.5. The van der Waals surface area contributed by atoms with Crippen molar-refractivity contribution in [1.29, 1.82) is 0 Å². The molecule has 0 spiro atoms. The van der Waals surface area contributed by atoms with E-state index in [9.17, 15) is 29.1 Å². The number of carbonyl (C=O) groups excluding carboxylic acids is 5. The van der Waals surface area contributed by atoms with E-state index in [0.29, 0.717) is 19.3 Å². The summed E-state index contributed by atoms with van der Waals surface area (Å²) in [5, 5.41) is 62.8. The van der Waals surface area contributed by atoms with Crippen molar-refractivity contribution >= 4 is 41.1 Å². The van der Waals surface area contributed by atoms with E-state index in [4.69, 9.17) is 62.8 Å². The summed E-state index contributed by atoms with van der Waals surface area (Å²) < 4.78 is 16.3. The second-order valence-corrected chi connectivity index (χ2v) is 15.5. The minimum Gasteiger partial charge on any atom is -0.462 e. The summed E-state index contributed by atoms with van der Waals surface area (Å²) in [5.74, 6) is -5.75. The molecule has 3 saturated carbocycles. The summed E-state index contributed by atoms with van der Waals surface area (Å²) >= 11 is 7.54. The van der Waals surface area contributed by atoms with Gasteiger partial charge in [0.15, 0.2) is 18.0 Å². The maximum atomic E-state index is 14.5. The molecule has 0 heterocycles. The van der Waals surface area contributed by atoms with E-state index in [1.54, 1.807) is 19.9 Å². The molecule has 56 heavy (non-hydrogen) atoms. The molecule has 0 radical (unpaired) electrons. The first kappa shape index (κ1) is 45.7. The zero-order valence-corrected chi connectivity index (χ0v) is 31.6. The quantitative estimate of drug-likeness (QED) is 0.0292. The van der Waals surface area contributed by atoms with Gasteiger partial charge in [-0.3, -0.25) is 60.1 Å². The first-order chi connectivity index (χ1) is 26.1. The lowest BCUT2D eigenvalue weighted by atomic mass is 9.45. The Kier molecular flexibility index (Phi) is 14.9. The molecule has 0 aromatic heterocycles. The van der Waals surface area contributed by atoms with Crippen LogP contribution in [0.4, 0.5) is 0 Å². The number of allylic oxidation sites excluding steroid dienone is 4. The number of carbonyl (C=O) groups is 5. The number of Topliss-reactive ketones (excluding diaryl/α,β-unsaturated/α-hetero) is 1. The van der Waals surface area contributed by atoms with Crippen molar-refractivity contribution in [3.8, 4) is 0 Å². The largest absolute Gasteiger partial charge is 0.462 e. The Morgan fingerprint density at radius 1 is 0.982 bits per heavy atom.